The summed E-state index contributed by atoms with van der Waals surface area (Å²) < 4.78 is 41.7. The van der Waals surface area contributed by atoms with E-state index in [1.165, 1.54) is 9.80 Å². The van der Waals surface area contributed by atoms with E-state index in [1.54, 1.807) is 13.8 Å². The van der Waals surface area contributed by atoms with Crippen molar-refractivity contribution < 1.29 is 32.7 Å². The van der Waals surface area contributed by atoms with Gasteiger partial charge in [-0.05, 0) is 51.7 Å². The van der Waals surface area contributed by atoms with Crippen molar-refractivity contribution in [3.8, 4) is 0 Å². The number of nitrogens with zero attached hydrogens (tertiary/aromatic N) is 2. The molecule has 1 saturated heterocycles. The van der Waals surface area contributed by atoms with Crippen LogP contribution >= 0.6 is 11.8 Å². The summed E-state index contributed by atoms with van der Waals surface area (Å²) in [6.07, 6.45) is -1.98. The number of fused-ring (bicyclic) bond motifs is 1. The van der Waals surface area contributed by atoms with Gasteiger partial charge in [0.2, 0.25) is 5.91 Å². The first-order valence-electron chi connectivity index (χ1n) is 11.5. The molecule has 7 nitrogen and oxygen atoms in total. The number of hydrogen-bond donors (Lipinski definition) is 2. The molecule has 11 heteroatoms. The molecule has 1 atom stereocenters. The van der Waals surface area contributed by atoms with Crippen LogP contribution in [0.1, 0.15) is 68.3 Å². The number of anilines is 1. The molecular formula is C23H28F3N3O4S. The van der Waals surface area contributed by atoms with Gasteiger partial charge < -0.3 is 20.2 Å². The van der Waals surface area contributed by atoms with E-state index in [0.717, 1.165) is 36.7 Å². The van der Waals surface area contributed by atoms with E-state index in [4.69, 9.17) is 0 Å². The molecule has 3 amide bonds. The van der Waals surface area contributed by atoms with Gasteiger partial charge in [-0.25, -0.2) is 4.79 Å². The number of thioether (sulfide) groups is 1. The molecule has 34 heavy (non-hydrogen) atoms. The van der Waals surface area contributed by atoms with Crippen molar-refractivity contribution in [3.63, 3.8) is 0 Å². The lowest BCUT2D eigenvalue weighted by Crippen LogP contribution is -2.54. The fourth-order valence-corrected chi connectivity index (χ4v) is 6.71. The maximum Gasteiger partial charge on any atom is 0.417 e. The van der Waals surface area contributed by atoms with Crippen LogP contribution in [-0.2, 0) is 11.0 Å². The highest BCUT2D eigenvalue weighted by molar-refractivity contribution is 8.01. The van der Waals surface area contributed by atoms with Crippen molar-refractivity contribution >= 4 is 35.4 Å². The molecule has 0 radical (unpaired) electrons. The monoisotopic (exact) mass is 499 g/mol. The van der Waals surface area contributed by atoms with Gasteiger partial charge in [0, 0.05) is 24.0 Å². The zero-order valence-electron chi connectivity index (χ0n) is 19.1. The van der Waals surface area contributed by atoms with Crippen molar-refractivity contribution in [2.24, 2.45) is 0 Å². The summed E-state index contributed by atoms with van der Waals surface area (Å²) in [7, 11) is 0. The molecule has 1 spiro atoms. The van der Waals surface area contributed by atoms with Gasteiger partial charge in [0.05, 0.1) is 27.6 Å². The highest BCUT2D eigenvalue weighted by atomic mass is 32.2. The molecule has 2 N–H and O–H groups in total. The summed E-state index contributed by atoms with van der Waals surface area (Å²) in [5.74, 6) is -1.05. The van der Waals surface area contributed by atoms with Crippen LogP contribution in [0.3, 0.4) is 0 Å². The van der Waals surface area contributed by atoms with Crippen molar-refractivity contribution in [2.75, 3.05) is 18.4 Å². The molecule has 1 saturated carbocycles. The fourth-order valence-electron chi connectivity index (χ4n) is 5.26. The number of amides is 3. The molecule has 0 aromatic heterocycles. The van der Waals surface area contributed by atoms with Crippen LogP contribution in [0.4, 0.5) is 23.7 Å². The summed E-state index contributed by atoms with van der Waals surface area (Å²) in [5.41, 5.74) is -1.36. The van der Waals surface area contributed by atoms with E-state index >= 15 is 0 Å². The highest BCUT2D eigenvalue weighted by Gasteiger charge is 2.47. The Bertz CT molecular complexity index is 1010. The molecule has 2 fully saturated rings. The Morgan fingerprint density at radius 3 is 2.50 bits per heavy atom. The van der Waals surface area contributed by atoms with Crippen molar-refractivity contribution in [1.82, 2.24) is 9.80 Å². The Labute approximate surface area is 200 Å². The van der Waals surface area contributed by atoms with E-state index in [9.17, 15) is 32.7 Å². The van der Waals surface area contributed by atoms with Gasteiger partial charge in [0.15, 0.2) is 0 Å². The minimum absolute atomic E-state index is 0.0423. The van der Waals surface area contributed by atoms with Crippen LogP contribution in [0.25, 0.3) is 0 Å². The van der Waals surface area contributed by atoms with Gasteiger partial charge in [-0.2, -0.15) is 13.2 Å². The van der Waals surface area contributed by atoms with Gasteiger partial charge in [-0.1, -0.05) is 12.8 Å². The summed E-state index contributed by atoms with van der Waals surface area (Å²) in [6.45, 7) is 3.76. The largest absolute Gasteiger partial charge is 0.465 e. The third-order valence-electron chi connectivity index (χ3n) is 6.89. The standard InChI is InChI=1S/C23H28F3N3O4S/c1-13(2)29(14-6-5-9-28(12-14)21(32)33)19(30)15-10-17-18(11-16(15)23(24,25)26)34-22(20(31)27-17)7-3-4-8-22/h10-11,13-14H,3-9,12H2,1-2H3,(H,27,31)(H,32,33)/t14-/m1/s1. The van der Waals surface area contributed by atoms with Gasteiger partial charge in [0.25, 0.3) is 5.91 Å². The molecular weight excluding hydrogens is 471 g/mol. The lowest BCUT2D eigenvalue weighted by atomic mass is 9.98. The third-order valence-corrected chi connectivity index (χ3v) is 8.43. The maximum atomic E-state index is 14.1. The zero-order chi connectivity index (χ0) is 24.8. The number of alkyl halides is 3. The van der Waals surface area contributed by atoms with Gasteiger partial charge in [-0.15, -0.1) is 11.8 Å². The molecule has 0 bridgehead atoms. The molecule has 1 aliphatic carbocycles. The number of piperidine rings is 1. The zero-order valence-corrected chi connectivity index (χ0v) is 19.9. The molecule has 2 aliphatic heterocycles. The highest BCUT2D eigenvalue weighted by Crippen LogP contribution is 2.52. The maximum absolute atomic E-state index is 14.1. The Morgan fingerprint density at radius 2 is 1.91 bits per heavy atom. The second-order valence-electron chi connectivity index (χ2n) is 9.48. The normalized spacial score (nSPS) is 22.0. The Morgan fingerprint density at radius 1 is 1.24 bits per heavy atom. The van der Waals surface area contributed by atoms with Crippen molar-refractivity contribution in [2.45, 2.75) is 80.3 Å². The predicted molar refractivity (Wildman–Crippen MR) is 121 cm³/mol. The molecule has 3 aliphatic rings. The van der Waals surface area contributed by atoms with E-state index in [0.29, 0.717) is 37.1 Å². The first-order chi connectivity index (χ1) is 15.9. The molecule has 2 heterocycles. The van der Waals surface area contributed by atoms with Crippen LogP contribution in [0, 0.1) is 0 Å². The number of carbonyl (C=O) groups is 3. The van der Waals surface area contributed by atoms with Gasteiger partial charge >= 0.3 is 12.3 Å². The summed E-state index contributed by atoms with van der Waals surface area (Å²) >= 11 is 1.16. The van der Waals surface area contributed by atoms with Crippen LogP contribution in [0.15, 0.2) is 17.0 Å². The first-order valence-corrected chi connectivity index (χ1v) is 12.3. The van der Waals surface area contributed by atoms with Crippen LogP contribution in [-0.4, -0.2) is 62.7 Å². The second-order valence-corrected chi connectivity index (χ2v) is 10.9. The van der Waals surface area contributed by atoms with Gasteiger partial charge in [-0.3, -0.25) is 9.59 Å². The van der Waals surface area contributed by atoms with Crippen LogP contribution < -0.4 is 5.32 Å². The molecule has 186 valence electrons. The minimum Gasteiger partial charge on any atom is -0.465 e. The first kappa shape index (κ1) is 24.7. The second kappa shape index (κ2) is 8.98. The molecule has 1 aromatic carbocycles. The summed E-state index contributed by atoms with van der Waals surface area (Å²) in [4.78, 5) is 40.7. The van der Waals surface area contributed by atoms with E-state index in [-0.39, 0.29) is 18.1 Å². The number of carbonyl (C=O) groups excluding carboxylic acids is 2. The van der Waals surface area contributed by atoms with Crippen LogP contribution in [0.2, 0.25) is 0 Å². The Kier molecular flexibility index (Phi) is 6.52. The average molecular weight is 500 g/mol. The number of likely N-dealkylation sites (tertiary alicyclic amines) is 1. The van der Waals surface area contributed by atoms with Gasteiger partial charge in [0.1, 0.15) is 0 Å². The molecule has 0 unspecified atom stereocenters. The van der Waals surface area contributed by atoms with E-state index in [2.05, 4.69) is 5.32 Å². The number of benzene rings is 1. The molecule has 1 aromatic rings. The average Bonchev–Trinajstić information content (AvgIpc) is 3.22. The Balaban J connectivity index is 1.73. The van der Waals surface area contributed by atoms with E-state index < -0.39 is 46.1 Å². The van der Waals surface area contributed by atoms with Crippen LogP contribution in [0.5, 0.6) is 0 Å². The lowest BCUT2D eigenvalue weighted by molar-refractivity contribution is -0.138. The van der Waals surface area contributed by atoms with Crippen molar-refractivity contribution in [1.29, 1.82) is 0 Å². The minimum atomic E-state index is -4.77. The summed E-state index contributed by atoms with van der Waals surface area (Å²) in [5, 5.41) is 12.1. The summed E-state index contributed by atoms with van der Waals surface area (Å²) in [6, 6.07) is 1.13. The fraction of sp³-hybridized carbons (Fsp3) is 0.609. The third kappa shape index (κ3) is 4.46. The number of hydrogen-bond acceptors (Lipinski definition) is 4. The predicted octanol–water partition coefficient (Wildman–Crippen LogP) is 5.06. The van der Waals surface area contributed by atoms with E-state index in [1.807, 2.05) is 0 Å². The number of nitrogens with one attached hydrogen (secondary N) is 1. The Hall–Kier alpha value is -2.43. The number of rotatable bonds is 3. The smallest absolute Gasteiger partial charge is 0.417 e. The number of carboxylic acid groups (broad SMARTS) is 1. The topological polar surface area (TPSA) is 90.0 Å². The quantitative estimate of drug-likeness (QED) is 0.607. The SMILES string of the molecule is CC(C)N(C(=O)c1cc2c(cc1C(F)(F)F)SC1(CCCC1)C(=O)N2)[C@@H]1CCCN(C(=O)O)C1. The van der Waals surface area contributed by atoms with Crippen molar-refractivity contribution in [3.05, 3.63) is 23.3 Å². The number of halogens is 3. The molecule has 4 rings (SSSR count). The lowest BCUT2D eigenvalue weighted by Gasteiger charge is -2.41.